The highest BCUT2D eigenvalue weighted by Gasteiger charge is 2.32. The second kappa shape index (κ2) is 7.31. The van der Waals surface area contributed by atoms with Gasteiger partial charge in [0.2, 0.25) is 5.91 Å². The van der Waals surface area contributed by atoms with E-state index in [4.69, 9.17) is 0 Å². The molecular formula is C13H24BrNO. The van der Waals surface area contributed by atoms with E-state index in [0.717, 1.165) is 18.3 Å². The number of rotatable bonds is 8. The smallest absolute Gasteiger partial charge is 0.223 e. The quantitative estimate of drug-likeness (QED) is 0.682. The van der Waals surface area contributed by atoms with Gasteiger partial charge < -0.3 is 5.32 Å². The van der Waals surface area contributed by atoms with Gasteiger partial charge in [-0.3, -0.25) is 4.79 Å². The molecule has 3 heteroatoms. The maximum absolute atomic E-state index is 11.8. The Kier molecular flexibility index (Phi) is 6.40. The van der Waals surface area contributed by atoms with E-state index in [0.29, 0.717) is 11.8 Å². The van der Waals surface area contributed by atoms with Crippen molar-refractivity contribution in [1.82, 2.24) is 5.32 Å². The van der Waals surface area contributed by atoms with E-state index in [2.05, 4.69) is 35.1 Å². The number of carbonyl (C=O) groups is 1. The SMILES string of the molecule is CCCC(CCBr)CNC(=O)C(C)C1CC1. The highest BCUT2D eigenvalue weighted by molar-refractivity contribution is 9.09. The molecule has 0 spiro atoms. The first kappa shape index (κ1) is 14.0. The lowest BCUT2D eigenvalue weighted by Crippen LogP contribution is -2.34. The van der Waals surface area contributed by atoms with Crippen LogP contribution in [0.4, 0.5) is 0 Å². The van der Waals surface area contributed by atoms with Crippen molar-refractivity contribution in [2.24, 2.45) is 17.8 Å². The maximum Gasteiger partial charge on any atom is 0.223 e. The molecule has 2 unspecified atom stereocenters. The Balaban J connectivity index is 2.21. The van der Waals surface area contributed by atoms with Crippen LogP contribution in [0.2, 0.25) is 0 Å². The van der Waals surface area contributed by atoms with Gasteiger partial charge in [-0.25, -0.2) is 0 Å². The Morgan fingerprint density at radius 1 is 1.44 bits per heavy atom. The summed E-state index contributed by atoms with van der Waals surface area (Å²) in [5.41, 5.74) is 0. The molecule has 0 radical (unpaired) electrons. The van der Waals surface area contributed by atoms with E-state index in [9.17, 15) is 4.79 Å². The molecule has 0 saturated heterocycles. The summed E-state index contributed by atoms with van der Waals surface area (Å²) in [6.07, 6.45) is 6.06. The van der Waals surface area contributed by atoms with Crippen molar-refractivity contribution in [2.75, 3.05) is 11.9 Å². The van der Waals surface area contributed by atoms with Gasteiger partial charge in [0.25, 0.3) is 0 Å². The summed E-state index contributed by atoms with van der Waals surface area (Å²) in [4.78, 5) is 11.8. The highest BCUT2D eigenvalue weighted by Crippen LogP contribution is 2.36. The van der Waals surface area contributed by atoms with Gasteiger partial charge in [0.15, 0.2) is 0 Å². The predicted octanol–water partition coefficient (Wildman–Crippen LogP) is 3.35. The topological polar surface area (TPSA) is 29.1 Å². The molecular weight excluding hydrogens is 266 g/mol. The average Bonchev–Trinajstić information content (AvgIpc) is 3.09. The van der Waals surface area contributed by atoms with Crippen LogP contribution in [0.25, 0.3) is 0 Å². The Morgan fingerprint density at radius 2 is 2.12 bits per heavy atom. The summed E-state index contributed by atoms with van der Waals surface area (Å²) in [7, 11) is 0. The van der Waals surface area contributed by atoms with E-state index < -0.39 is 0 Å². The number of hydrogen-bond donors (Lipinski definition) is 1. The summed E-state index contributed by atoms with van der Waals surface area (Å²) < 4.78 is 0. The van der Waals surface area contributed by atoms with Crippen LogP contribution in [0.15, 0.2) is 0 Å². The molecule has 16 heavy (non-hydrogen) atoms. The number of alkyl halides is 1. The minimum Gasteiger partial charge on any atom is -0.356 e. The fourth-order valence-corrected chi connectivity index (χ4v) is 2.77. The zero-order valence-electron chi connectivity index (χ0n) is 10.5. The molecule has 1 fully saturated rings. The molecule has 1 amide bonds. The molecule has 1 saturated carbocycles. The van der Waals surface area contributed by atoms with Crippen LogP contribution in [-0.4, -0.2) is 17.8 Å². The minimum atomic E-state index is 0.228. The van der Waals surface area contributed by atoms with Crippen LogP contribution in [0.5, 0.6) is 0 Å². The predicted molar refractivity (Wildman–Crippen MR) is 71.7 cm³/mol. The number of halogens is 1. The van der Waals surface area contributed by atoms with Gasteiger partial charge in [-0.2, -0.15) is 0 Å². The van der Waals surface area contributed by atoms with Crippen molar-refractivity contribution in [1.29, 1.82) is 0 Å². The third-order valence-corrected chi connectivity index (χ3v) is 3.98. The van der Waals surface area contributed by atoms with Gasteiger partial charge in [-0.1, -0.05) is 36.2 Å². The van der Waals surface area contributed by atoms with Gasteiger partial charge in [-0.05, 0) is 37.5 Å². The molecule has 2 nitrogen and oxygen atoms in total. The summed E-state index contributed by atoms with van der Waals surface area (Å²) in [5.74, 6) is 1.80. The largest absolute Gasteiger partial charge is 0.356 e. The van der Waals surface area contributed by atoms with Gasteiger partial charge in [0.1, 0.15) is 0 Å². The molecule has 2 atom stereocenters. The minimum absolute atomic E-state index is 0.228. The standard InChI is InChI=1S/C13H24BrNO/c1-3-4-11(7-8-14)9-15-13(16)10(2)12-5-6-12/h10-12H,3-9H2,1-2H3,(H,15,16). The zero-order chi connectivity index (χ0) is 12.0. The molecule has 0 aromatic carbocycles. The fourth-order valence-electron chi connectivity index (χ4n) is 2.13. The first-order chi connectivity index (χ1) is 7.69. The van der Waals surface area contributed by atoms with Crippen LogP contribution >= 0.6 is 15.9 Å². The van der Waals surface area contributed by atoms with E-state index >= 15 is 0 Å². The lowest BCUT2D eigenvalue weighted by Gasteiger charge is -2.17. The van der Waals surface area contributed by atoms with Crippen molar-refractivity contribution in [3.63, 3.8) is 0 Å². The normalized spacial score (nSPS) is 19.2. The van der Waals surface area contributed by atoms with E-state index in [-0.39, 0.29) is 11.8 Å². The second-order valence-electron chi connectivity index (χ2n) is 5.00. The molecule has 0 aromatic rings. The van der Waals surface area contributed by atoms with Gasteiger partial charge in [0, 0.05) is 17.8 Å². The maximum atomic E-state index is 11.8. The van der Waals surface area contributed by atoms with Crippen molar-refractivity contribution < 1.29 is 4.79 Å². The van der Waals surface area contributed by atoms with Crippen LogP contribution < -0.4 is 5.32 Å². The highest BCUT2D eigenvalue weighted by atomic mass is 79.9. The van der Waals surface area contributed by atoms with Gasteiger partial charge >= 0.3 is 0 Å². The van der Waals surface area contributed by atoms with Crippen molar-refractivity contribution in [3.8, 4) is 0 Å². The van der Waals surface area contributed by atoms with Gasteiger partial charge in [0.05, 0.1) is 0 Å². The number of hydrogen-bond acceptors (Lipinski definition) is 1. The lowest BCUT2D eigenvalue weighted by atomic mass is 10.00. The molecule has 1 aliphatic carbocycles. The molecule has 94 valence electrons. The third-order valence-electron chi connectivity index (χ3n) is 3.52. The molecule has 0 aromatic heterocycles. The van der Waals surface area contributed by atoms with E-state index in [1.807, 2.05) is 0 Å². The summed E-state index contributed by atoms with van der Waals surface area (Å²) in [5, 5.41) is 4.15. The molecule has 1 N–H and O–H groups in total. The molecule has 0 aliphatic heterocycles. The molecule has 1 aliphatic rings. The van der Waals surface area contributed by atoms with E-state index in [1.54, 1.807) is 0 Å². The lowest BCUT2D eigenvalue weighted by molar-refractivity contribution is -0.125. The fraction of sp³-hybridized carbons (Fsp3) is 0.923. The monoisotopic (exact) mass is 289 g/mol. The number of nitrogens with one attached hydrogen (secondary N) is 1. The summed E-state index contributed by atoms with van der Waals surface area (Å²) in [6.45, 7) is 5.12. The number of carbonyl (C=O) groups excluding carboxylic acids is 1. The van der Waals surface area contributed by atoms with E-state index in [1.165, 1.54) is 25.7 Å². The molecule has 0 heterocycles. The Morgan fingerprint density at radius 3 is 2.62 bits per heavy atom. The number of amides is 1. The van der Waals surface area contributed by atoms with Crippen LogP contribution in [0.1, 0.15) is 46.0 Å². The van der Waals surface area contributed by atoms with Crippen molar-refractivity contribution >= 4 is 21.8 Å². The van der Waals surface area contributed by atoms with Crippen molar-refractivity contribution in [3.05, 3.63) is 0 Å². The Labute approximate surface area is 108 Å². The summed E-state index contributed by atoms with van der Waals surface area (Å²) in [6, 6.07) is 0. The first-order valence-electron chi connectivity index (χ1n) is 6.52. The van der Waals surface area contributed by atoms with Crippen LogP contribution in [0, 0.1) is 17.8 Å². The Hall–Kier alpha value is -0.0500. The Bertz CT molecular complexity index is 210. The van der Waals surface area contributed by atoms with Crippen LogP contribution in [-0.2, 0) is 4.79 Å². The average molecular weight is 290 g/mol. The summed E-state index contributed by atoms with van der Waals surface area (Å²) >= 11 is 3.48. The van der Waals surface area contributed by atoms with Crippen molar-refractivity contribution in [2.45, 2.75) is 46.0 Å². The molecule has 1 rings (SSSR count). The van der Waals surface area contributed by atoms with Gasteiger partial charge in [-0.15, -0.1) is 0 Å². The second-order valence-corrected chi connectivity index (χ2v) is 5.80. The first-order valence-corrected chi connectivity index (χ1v) is 7.64. The zero-order valence-corrected chi connectivity index (χ0v) is 12.1. The van der Waals surface area contributed by atoms with Crippen LogP contribution in [0.3, 0.4) is 0 Å². The molecule has 0 bridgehead atoms. The third kappa shape index (κ3) is 4.86.